The lowest BCUT2D eigenvalue weighted by molar-refractivity contribution is 0.185. The number of rotatable bonds is 4. The highest BCUT2D eigenvalue weighted by atomic mass is 15.1. The van der Waals surface area contributed by atoms with Gasteiger partial charge in [0.1, 0.15) is 0 Å². The van der Waals surface area contributed by atoms with Crippen LogP contribution in [0.2, 0.25) is 0 Å². The Kier molecular flexibility index (Phi) is 12.5. The second-order valence-electron chi connectivity index (χ2n) is 5.60. The van der Waals surface area contributed by atoms with Crippen LogP contribution in [0.15, 0.2) is 49.6 Å². The van der Waals surface area contributed by atoms with E-state index in [2.05, 4.69) is 56.2 Å². The van der Waals surface area contributed by atoms with Crippen molar-refractivity contribution in [2.24, 2.45) is 5.92 Å². The van der Waals surface area contributed by atoms with Gasteiger partial charge >= 0.3 is 0 Å². The van der Waals surface area contributed by atoms with E-state index in [0.717, 1.165) is 18.9 Å². The summed E-state index contributed by atoms with van der Waals surface area (Å²) in [6.45, 7) is 19.0. The highest BCUT2D eigenvalue weighted by Crippen LogP contribution is 2.18. The van der Waals surface area contributed by atoms with Crippen LogP contribution in [0.25, 0.3) is 0 Å². The van der Waals surface area contributed by atoms with Crippen molar-refractivity contribution < 1.29 is 0 Å². The van der Waals surface area contributed by atoms with E-state index in [1.165, 1.54) is 37.1 Å². The molecule has 1 heterocycles. The van der Waals surface area contributed by atoms with Gasteiger partial charge in [-0.2, -0.15) is 0 Å². The average molecular weight is 302 g/mol. The third-order valence-corrected chi connectivity index (χ3v) is 3.85. The summed E-state index contributed by atoms with van der Waals surface area (Å²) in [4.78, 5) is 2.59. The number of hydrogen-bond donors (Lipinski definition) is 0. The molecule has 0 aromatic heterocycles. The van der Waals surface area contributed by atoms with Gasteiger partial charge in [-0.05, 0) is 49.4 Å². The lowest BCUT2D eigenvalue weighted by Crippen LogP contribution is -2.32. The van der Waals surface area contributed by atoms with E-state index in [1.807, 2.05) is 13.8 Å². The van der Waals surface area contributed by atoms with Crippen LogP contribution in [0.5, 0.6) is 0 Å². The fraction of sp³-hybridized carbons (Fsp3) is 0.524. The van der Waals surface area contributed by atoms with Crippen LogP contribution in [-0.2, 0) is 13.0 Å². The van der Waals surface area contributed by atoms with Gasteiger partial charge in [0, 0.05) is 6.54 Å². The number of piperidine rings is 1. The van der Waals surface area contributed by atoms with Crippen LogP contribution in [0.1, 0.15) is 51.7 Å². The Balaban J connectivity index is 0.000000640. The monoisotopic (exact) mass is 301 g/mol. The molecular weight excluding hydrogens is 266 g/mol. The highest BCUT2D eigenvalue weighted by molar-refractivity contribution is 5.23. The molecule has 1 fully saturated rings. The van der Waals surface area contributed by atoms with Gasteiger partial charge in [-0.25, -0.2) is 0 Å². The molecule has 124 valence electrons. The lowest BCUT2D eigenvalue weighted by atomic mass is 9.98. The third-order valence-electron chi connectivity index (χ3n) is 3.85. The zero-order valence-corrected chi connectivity index (χ0v) is 15.1. The van der Waals surface area contributed by atoms with E-state index >= 15 is 0 Å². The van der Waals surface area contributed by atoms with Crippen LogP contribution >= 0.6 is 0 Å². The maximum Gasteiger partial charge on any atom is 0.0233 e. The van der Waals surface area contributed by atoms with Gasteiger partial charge in [-0.3, -0.25) is 4.90 Å². The van der Waals surface area contributed by atoms with Crippen molar-refractivity contribution in [3.05, 3.63) is 60.7 Å². The van der Waals surface area contributed by atoms with E-state index in [-0.39, 0.29) is 0 Å². The fourth-order valence-electron chi connectivity index (χ4n) is 2.43. The number of aryl methyl sites for hydroxylation is 1. The fourth-order valence-corrected chi connectivity index (χ4v) is 2.43. The Morgan fingerprint density at radius 2 is 1.64 bits per heavy atom. The Morgan fingerprint density at radius 3 is 2.14 bits per heavy atom. The molecule has 0 spiro atoms. The van der Waals surface area contributed by atoms with E-state index in [4.69, 9.17) is 0 Å². The zero-order chi connectivity index (χ0) is 16.8. The van der Waals surface area contributed by atoms with Crippen LogP contribution in [0, 0.1) is 5.92 Å². The molecule has 1 heteroatoms. The largest absolute Gasteiger partial charge is 0.299 e. The number of allylic oxidation sites excluding steroid dienone is 2. The molecular formula is C21H35N. The standard InChI is InChI=1S/C15H23N.C4H6.C2H6/c1-3-14-5-4-6-15(11-14)12-16-9-7-13(2)8-10-16;1-3-4-2;1-2/h4-6,11,13H,3,7-10,12H2,1-2H3;3-4H,1-2H2;1-2H3. The Labute approximate surface area is 138 Å². The average Bonchev–Trinajstić information content (AvgIpc) is 2.59. The first-order chi connectivity index (χ1) is 10.7. The molecule has 1 nitrogen and oxygen atoms in total. The number of benzene rings is 1. The van der Waals surface area contributed by atoms with E-state index in [9.17, 15) is 0 Å². The summed E-state index contributed by atoms with van der Waals surface area (Å²) in [7, 11) is 0. The second-order valence-corrected chi connectivity index (χ2v) is 5.60. The first-order valence-electron chi connectivity index (χ1n) is 8.73. The van der Waals surface area contributed by atoms with Crippen LogP contribution < -0.4 is 0 Å². The van der Waals surface area contributed by atoms with Crippen molar-refractivity contribution in [2.45, 2.75) is 53.5 Å². The molecule has 0 saturated carbocycles. The third kappa shape index (κ3) is 8.84. The first kappa shape index (κ1) is 20.7. The smallest absolute Gasteiger partial charge is 0.0233 e. The van der Waals surface area contributed by atoms with Crippen LogP contribution in [-0.4, -0.2) is 18.0 Å². The molecule has 2 rings (SSSR count). The minimum Gasteiger partial charge on any atom is -0.299 e. The van der Waals surface area contributed by atoms with Crippen molar-refractivity contribution in [1.82, 2.24) is 4.90 Å². The summed E-state index contributed by atoms with van der Waals surface area (Å²) in [5.74, 6) is 0.929. The van der Waals surface area contributed by atoms with Gasteiger partial charge in [0.2, 0.25) is 0 Å². The summed E-state index contributed by atoms with van der Waals surface area (Å²) < 4.78 is 0. The summed E-state index contributed by atoms with van der Waals surface area (Å²) in [6.07, 6.45) is 7.16. The van der Waals surface area contributed by atoms with Crippen LogP contribution in [0.4, 0.5) is 0 Å². The van der Waals surface area contributed by atoms with Crippen molar-refractivity contribution >= 4 is 0 Å². The Morgan fingerprint density at radius 1 is 1.09 bits per heavy atom. The van der Waals surface area contributed by atoms with Crippen molar-refractivity contribution in [3.8, 4) is 0 Å². The Bertz CT molecular complexity index is 394. The minimum absolute atomic E-state index is 0.929. The SMILES string of the molecule is C=CC=C.CC.CCc1cccc(CN2CCC(C)CC2)c1. The van der Waals surface area contributed by atoms with Crippen molar-refractivity contribution in [1.29, 1.82) is 0 Å². The zero-order valence-electron chi connectivity index (χ0n) is 15.1. The van der Waals surface area contributed by atoms with Gasteiger partial charge in [0.25, 0.3) is 0 Å². The number of nitrogens with zero attached hydrogens (tertiary/aromatic N) is 1. The molecule has 0 unspecified atom stereocenters. The molecule has 22 heavy (non-hydrogen) atoms. The molecule has 0 amide bonds. The number of likely N-dealkylation sites (tertiary alicyclic amines) is 1. The van der Waals surface area contributed by atoms with E-state index < -0.39 is 0 Å². The quantitative estimate of drug-likeness (QED) is 0.629. The topological polar surface area (TPSA) is 3.24 Å². The predicted octanol–water partition coefficient (Wildman–Crippen LogP) is 5.87. The minimum atomic E-state index is 0.929. The molecule has 0 atom stereocenters. The molecule has 0 radical (unpaired) electrons. The van der Waals surface area contributed by atoms with Crippen LogP contribution in [0.3, 0.4) is 0 Å². The van der Waals surface area contributed by atoms with Gasteiger partial charge < -0.3 is 0 Å². The molecule has 1 aliphatic heterocycles. The summed E-state index contributed by atoms with van der Waals surface area (Å²) in [5, 5.41) is 0. The normalized spacial score (nSPS) is 14.9. The van der Waals surface area contributed by atoms with E-state index in [0.29, 0.717) is 0 Å². The van der Waals surface area contributed by atoms with Gasteiger partial charge in [-0.1, -0.05) is 77.3 Å². The summed E-state index contributed by atoms with van der Waals surface area (Å²) >= 11 is 0. The lowest BCUT2D eigenvalue weighted by Gasteiger charge is -2.30. The van der Waals surface area contributed by atoms with Crippen molar-refractivity contribution in [2.75, 3.05) is 13.1 Å². The molecule has 0 N–H and O–H groups in total. The number of hydrogen-bond acceptors (Lipinski definition) is 1. The first-order valence-corrected chi connectivity index (χ1v) is 8.73. The van der Waals surface area contributed by atoms with Gasteiger partial charge in [0.05, 0.1) is 0 Å². The molecule has 0 bridgehead atoms. The summed E-state index contributed by atoms with van der Waals surface area (Å²) in [6, 6.07) is 9.04. The molecule has 1 saturated heterocycles. The molecule has 1 aromatic carbocycles. The predicted molar refractivity (Wildman–Crippen MR) is 101 cm³/mol. The van der Waals surface area contributed by atoms with E-state index in [1.54, 1.807) is 12.2 Å². The molecule has 1 aliphatic rings. The van der Waals surface area contributed by atoms with Gasteiger partial charge in [-0.15, -0.1) is 0 Å². The van der Waals surface area contributed by atoms with Gasteiger partial charge in [0.15, 0.2) is 0 Å². The molecule has 1 aromatic rings. The molecule has 0 aliphatic carbocycles. The highest BCUT2D eigenvalue weighted by Gasteiger charge is 2.15. The maximum absolute atomic E-state index is 3.36. The second kappa shape index (κ2) is 13.3. The van der Waals surface area contributed by atoms with Crippen molar-refractivity contribution in [3.63, 3.8) is 0 Å². The summed E-state index contributed by atoms with van der Waals surface area (Å²) in [5.41, 5.74) is 2.94. The maximum atomic E-state index is 3.36. The Hall–Kier alpha value is -1.34.